The van der Waals surface area contributed by atoms with Crippen molar-refractivity contribution in [3.63, 3.8) is 0 Å². The van der Waals surface area contributed by atoms with Crippen LogP contribution in [-0.4, -0.2) is 69.7 Å². The number of tetrazole rings is 1. The Morgan fingerprint density at radius 3 is 2.28 bits per heavy atom. The normalized spacial score (nSPS) is 16.4. The number of aromatic nitrogens is 6. The molecule has 1 saturated heterocycles. The molecule has 0 bridgehead atoms. The fourth-order valence-electron chi connectivity index (χ4n) is 4.03. The maximum Gasteiger partial charge on any atom is 0.225 e. The molecule has 0 unspecified atom stereocenters. The molecule has 1 fully saturated rings. The second kappa shape index (κ2) is 9.29. The van der Waals surface area contributed by atoms with Gasteiger partial charge in [0.15, 0.2) is 21.5 Å². The van der Waals surface area contributed by atoms with Crippen LogP contribution in [0, 0.1) is 12.8 Å². The first-order valence-electron chi connectivity index (χ1n) is 10.7. The number of rotatable bonds is 7. The molecule has 0 N–H and O–H groups in total. The lowest BCUT2D eigenvalue weighted by molar-refractivity contribution is 0.135. The number of piperazine rings is 1. The Morgan fingerprint density at radius 2 is 1.66 bits per heavy atom. The van der Waals surface area contributed by atoms with E-state index in [-0.39, 0.29) is 22.7 Å². The molecule has 1 aliphatic rings. The molecule has 1 aliphatic heterocycles. The van der Waals surface area contributed by atoms with E-state index in [9.17, 15) is 8.42 Å². The van der Waals surface area contributed by atoms with Gasteiger partial charge in [-0.25, -0.2) is 23.1 Å². The van der Waals surface area contributed by atoms with Gasteiger partial charge in [0, 0.05) is 38.6 Å². The van der Waals surface area contributed by atoms with E-state index in [2.05, 4.69) is 49.1 Å². The second-order valence-electron chi connectivity index (χ2n) is 8.35. The molecule has 4 rings (SSSR count). The fraction of sp³-hybridized carbons (Fsp3) is 0.476. The molecule has 0 saturated carbocycles. The number of hydrogen-bond donors (Lipinski definition) is 0. The highest BCUT2D eigenvalue weighted by atomic mass is 32.2. The maximum absolute atomic E-state index is 13.0. The molecule has 1 atom stereocenters. The van der Waals surface area contributed by atoms with E-state index in [1.54, 1.807) is 42.7 Å². The highest BCUT2D eigenvalue weighted by Crippen LogP contribution is 2.29. The Bertz CT molecular complexity index is 1120. The summed E-state index contributed by atoms with van der Waals surface area (Å²) in [6.07, 6.45) is 3.49. The zero-order chi connectivity index (χ0) is 22.7. The van der Waals surface area contributed by atoms with Crippen LogP contribution in [0.4, 0.5) is 5.95 Å². The summed E-state index contributed by atoms with van der Waals surface area (Å²) in [5, 5.41) is 12.1. The van der Waals surface area contributed by atoms with Crippen LogP contribution in [0.25, 0.3) is 0 Å². The molecule has 10 nitrogen and oxygen atoms in total. The smallest absolute Gasteiger partial charge is 0.225 e. The van der Waals surface area contributed by atoms with Crippen LogP contribution in [0.2, 0.25) is 0 Å². The minimum atomic E-state index is -3.58. The van der Waals surface area contributed by atoms with Crippen molar-refractivity contribution in [1.82, 2.24) is 35.1 Å². The van der Waals surface area contributed by atoms with E-state index in [0.717, 1.165) is 37.7 Å². The van der Waals surface area contributed by atoms with Gasteiger partial charge in [0.1, 0.15) is 0 Å². The van der Waals surface area contributed by atoms with Gasteiger partial charge >= 0.3 is 0 Å². The van der Waals surface area contributed by atoms with Crippen molar-refractivity contribution in [3.8, 4) is 0 Å². The topological polar surface area (TPSA) is 110 Å². The number of aryl methyl sites for hydroxylation is 1. The number of sulfone groups is 1. The number of benzene rings is 1. The average molecular weight is 457 g/mol. The van der Waals surface area contributed by atoms with E-state index >= 15 is 0 Å². The van der Waals surface area contributed by atoms with Crippen LogP contribution in [-0.2, 0) is 15.7 Å². The fourth-order valence-corrected chi connectivity index (χ4v) is 5.24. The van der Waals surface area contributed by atoms with Gasteiger partial charge in [0.05, 0.1) is 10.9 Å². The Labute approximate surface area is 188 Å². The van der Waals surface area contributed by atoms with Crippen molar-refractivity contribution in [2.24, 2.45) is 5.92 Å². The highest BCUT2D eigenvalue weighted by molar-refractivity contribution is 7.90. The molecule has 32 heavy (non-hydrogen) atoms. The molecule has 170 valence electrons. The van der Waals surface area contributed by atoms with Crippen molar-refractivity contribution in [2.45, 2.75) is 37.6 Å². The first kappa shape index (κ1) is 22.3. The number of nitrogens with zero attached hydrogens (tertiary/aromatic N) is 8. The van der Waals surface area contributed by atoms with E-state index in [4.69, 9.17) is 0 Å². The lowest BCUT2D eigenvalue weighted by Gasteiger charge is -2.40. The molecule has 11 heteroatoms. The summed E-state index contributed by atoms with van der Waals surface area (Å²) >= 11 is 0. The van der Waals surface area contributed by atoms with Gasteiger partial charge < -0.3 is 4.90 Å². The Hall–Kier alpha value is -2.92. The zero-order valence-electron chi connectivity index (χ0n) is 18.5. The molecule has 0 spiro atoms. The van der Waals surface area contributed by atoms with Gasteiger partial charge in [-0.2, -0.15) is 0 Å². The van der Waals surface area contributed by atoms with Crippen LogP contribution < -0.4 is 4.90 Å². The third-order valence-corrected chi connectivity index (χ3v) is 7.25. The van der Waals surface area contributed by atoms with Gasteiger partial charge in [-0.1, -0.05) is 31.5 Å². The van der Waals surface area contributed by atoms with Gasteiger partial charge in [-0.3, -0.25) is 4.90 Å². The molecule has 2 aromatic heterocycles. The predicted molar refractivity (Wildman–Crippen MR) is 120 cm³/mol. The lowest BCUT2D eigenvalue weighted by atomic mass is 10.0. The lowest BCUT2D eigenvalue weighted by Crippen LogP contribution is -2.49. The number of anilines is 1. The second-order valence-corrected chi connectivity index (χ2v) is 10.3. The van der Waals surface area contributed by atoms with E-state index in [0.29, 0.717) is 5.82 Å². The van der Waals surface area contributed by atoms with Gasteiger partial charge in [0.25, 0.3) is 0 Å². The van der Waals surface area contributed by atoms with E-state index < -0.39 is 9.84 Å². The van der Waals surface area contributed by atoms with Crippen LogP contribution in [0.1, 0.15) is 31.3 Å². The average Bonchev–Trinajstić information content (AvgIpc) is 3.22. The first-order valence-corrected chi connectivity index (χ1v) is 12.3. The van der Waals surface area contributed by atoms with Crippen LogP contribution in [0.3, 0.4) is 0 Å². The molecule has 0 amide bonds. The molecule has 0 aliphatic carbocycles. The number of hydrogen-bond acceptors (Lipinski definition) is 9. The van der Waals surface area contributed by atoms with Crippen LogP contribution in [0.5, 0.6) is 0 Å². The van der Waals surface area contributed by atoms with Crippen molar-refractivity contribution >= 4 is 15.8 Å². The maximum atomic E-state index is 13.0. The van der Waals surface area contributed by atoms with Crippen molar-refractivity contribution in [2.75, 3.05) is 31.1 Å². The Morgan fingerprint density at radius 1 is 1.00 bits per heavy atom. The van der Waals surface area contributed by atoms with E-state index in [1.807, 2.05) is 6.92 Å². The SMILES string of the molecule is Cc1ccc(S(=O)(=O)Cn2nnnc2[C@H](C(C)C)N2CCN(c3ncccn3)CC2)cc1. The summed E-state index contributed by atoms with van der Waals surface area (Å²) in [4.78, 5) is 13.4. The molecule has 3 heterocycles. The summed E-state index contributed by atoms with van der Waals surface area (Å²) in [5.41, 5.74) is 1.01. The monoisotopic (exact) mass is 456 g/mol. The van der Waals surface area contributed by atoms with E-state index in [1.165, 1.54) is 4.68 Å². The Kier molecular flexibility index (Phi) is 6.47. The minimum Gasteiger partial charge on any atom is -0.338 e. The largest absolute Gasteiger partial charge is 0.338 e. The van der Waals surface area contributed by atoms with Crippen LogP contribution in [0.15, 0.2) is 47.6 Å². The molecule has 3 aromatic rings. The van der Waals surface area contributed by atoms with Crippen molar-refractivity contribution < 1.29 is 8.42 Å². The highest BCUT2D eigenvalue weighted by Gasteiger charge is 2.33. The molecule has 1 aromatic carbocycles. The van der Waals surface area contributed by atoms with Gasteiger partial charge in [-0.05, 0) is 41.5 Å². The third kappa shape index (κ3) is 4.78. The van der Waals surface area contributed by atoms with Crippen molar-refractivity contribution in [3.05, 3.63) is 54.1 Å². The molecular weight excluding hydrogens is 428 g/mol. The molecular formula is C21H28N8O2S. The van der Waals surface area contributed by atoms with Gasteiger partial charge in [-0.15, -0.1) is 5.10 Å². The Balaban J connectivity index is 1.52. The van der Waals surface area contributed by atoms with Crippen LogP contribution >= 0.6 is 0 Å². The molecule has 0 radical (unpaired) electrons. The summed E-state index contributed by atoms with van der Waals surface area (Å²) in [6, 6.07) is 8.54. The van der Waals surface area contributed by atoms with Crippen molar-refractivity contribution in [1.29, 1.82) is 0 Å². The predicted octanol–water partition coefficient (Wildman–Crippen LogP) is 1.72. The summed E-state index contributed by atoms with van der Waals surface area (Å²) in [7, 11) is -3.58. The van der Waals surface area contributed by atoms with Gasteiger partial charge in [0.2, 0.25) is 5.95 Å². The standard InChI is InChI=1S/C21H28N8O2S/c1-16(2)19(27-11-13-28(14-12-27)21-22-9-4-10-23-21)20-24-25-26-29(20)15-32(30,31)18-7-5-17(3)6-8-18/h4-10,16,19H,11-15H2,1-3H3/t19-/m0/s1. The summed E-state index contributed by atoms with van der Waals surface area (Å²) < 4.78 is 27.4. The quantitative estimate of drug-likeness (QED) is 0.525. The summed E-state index contributed by atoms with van der Waals surface area (Å²) in [5.74, 6) is 1.20. The third-order valence-electron chi connectivity index (χ3n) is 5.67. The zero-order valence-corrected chi connectivity index (χ0v) is 19.4. The summed E-state index contributed by atoms with van der Waals surface area (Å²) in [6.45, 7) is 9.23. The first-order chi connectivity index (χ1) is 15.3. The minimum absolute atomic E-state index is 0.0999.